The number of nitrogens with zero attached hydrogens (tertiary/aromatic N) is 2. The van der Waals surface area contributed by atoms with E-state index in [0.29, 0.717) is 0 Å². The van der Waals surface area contributed by atoms with Crippen LogP contribution < -0.4 is 9.80 Å². The SMILES string of the molecule is c1ccc(-c2ccc3ccccc3c2N(c2ccc3c(c2)C2(c4ccccc4-c4ccc(N(c5ccccc5)c5ccccc5)cc42)c2ccccc2-3)c2cccc3oc4ccccc4c23)cc1. The monoisotopic (exact) mass is 866 g/mol. The molecule has 1 spiro atoms. The minimum Gasteiger partial charge on any atom is -0.456 e. The lowest BCUT2D eigenvalue weighted by Gasteiger charge is -2.34. The zero-order valence-electron chi connectivity index (χ0n) is 37.1. The predicted molar refractivity (Wildman–Crippen MR) is 282 cm³/mol. The van der Waals surface area contributed by atoms with Crippen LogP contribution in [0.3, 0.4) is 0 Å². The standard InChI is InChI=1S/C65H42N2O/c1-4-19-43(20-5-1)50-38-35-44-21-10-11-26-49(44)64(50)67(60-32-18-34-62-63(60)55-29-14-17-33-61(55)68-62)48-37-40-54-52-28-13-16-31-57(52)65(59(54)42-48)56-30-15-12-27-51(56)53-39-36-47(41-58(53)65)66(45-22-6-2-7-23-45)46-24-8-3-9-25-46/h1-42H. The third-order valence-electron chi connectivity index (χ3n) is 14.4. The average Bonchev–Trinajstić information content (AvgIpc) is 4.04. The largest absolute Gasteiger partial charge is 0.456 e. The maximum Gasteiger partial charge on any atom is 0.137 e. The van der Waals surface area contributed by atoms with Crippen molar-refractivity contribution in [2.24, 2.45) is 0 Å². The average molecular weight is 867 g/mol. The van der Waals surface area contributed by atoms with Gasteiger partial charge in [0.05, 0.1) is 22.2 Å². The van der Waals surface area contributed by atoms with E-state index in [1.165, 1.54) is 55.3 Å². The van der Waals surface area contributed by atoms with Crippen LogP contribution in [-0.4, -0.2) is 0 Å². The van der Waals surface area contributed by atoms with E-state index in [1.807, 2.05) is 0 Å². The van der Waals surface area contributed by atoms with Crippen molar-refractivity contribution in [1.29, 1.82) is 0 Å². The van der Waals surface area contributed by atoms with Gasteiger partial charge in [-0.2, -0.15) is 0 Å². The number of para-hydroxylation sites is 3. The van der Waals surface area contributed by atoms with Gasteiger partial charge in [-0.3, -0.25) is 0 Å². The van der Waals surface area contributed by atoms with Gasteiger partial charge < -0.3 is 14.2 Å². The first-order valence-corrected chi connectivity index (χ1v) is 23.4. The number of anilines is 6. The first-order valence-electron chi connectivity index (χ1n) is 23.4. The second kappa shape index (κ2) is 15.1. The Kier molecular flexibility index (Phi) is 8.50. The molecule has 68 heavy (non-hydrogen) atoms. The Bertz CT molecular complexity index is 3880. The zero-order chi connectivity index (χ0) is 44.8. The lowest BCUT2D eigenvalue weighted by molar-refractivity contribution is 0.669. The van der Waals surface area contributed by atoms with Crippen LogP contribution in [0.15, 0.2) is 259 Å². The van der Waals surface area contributed by atoms with Crippen molar-refractivity contribution in [3.63, 3.8) is 0 Å². The molecule has 0 amide bonds. The summed E-state index contributed by atoms with van der Waals surface area (Å²) in [4.78, 5) is 4.91. The molecule has 0 fully saturated rings. The molecule has 12 aromatic rings. The second-order valence-electron chi connectivity index (χ2n) is 17.9. The van der Waals surface area contributed by atoms with Gasteiger partial charge in [-0.1, -0.05) is 188 Å². The highest BCUT2D eigenvalue weighted by Gasteiger charge is 2.52. The van der Waals surface area contributed by atoms with Crippen molar-refractivity contribution >= 4 is 66.8 Å². The number of rotatable bonds is 7. The lowest BCUT2D eigenvalue weighted by Crippen LogP contribution is -2.26. The highest BCUT2D eigenvalue weighted by molar-refractivity contribution is 6.16. The zero-order valence-corrected chi connectivity index (χ0v) is 37.1. The van der Waals surface area contributed by atoms with E-state index in [1.54, 1.807) is 0 Å². The Morgan fingerprint density at radius 3 is 1.47 bits per heavy atom. The fraction of sp³-hybridized carbons (Fsp3) is 0.0154. The summed E-state index contributed by atoms with van der Waals surface area (Å²) in [5, 5.41) is 4.51. The summed E-state index contributed by atoms with van der Waals surface area (Å²) < 4.78 is 6.65. The summed E-state index contributed by atoms with van der Waals surface area (Å²) in [5.41, 5.74) is 20.1. The van der Waals surface area contributed by atoms with E-state index in [-0.39, 0.29) is 0 Å². The molecule has 11 aromatic carbocycles. The van der Waals surface area contributed by atoms with Crippen molar-refractivity contribution in [3.05, 3.63) is 277 Å². The fourth-order valence-corrected chi connectivity index (χ4v) is 11.7. The first kappa shape index (κ1) is 38.4. The number of fused-ring (bicyclic) bond motifs is 14. The summed E-state index contributed by atoms with van der Waals surface area (Å²) in [6, 6.07) is 93.2. The molecule has 0 bridgehead atoms. The van der Waals surface area contributed by atoms with E-state index in [2.05, 4.69) is 265 Å². The van der Waals surface area contributed by atoms with Crippen LogP contribution in [0.5, 0.6) is 0 Å². The van der Waals surface area contributed by atoms with Crippen molar-refractivity contribution < 1.29 is 4.42 Å². The van der Waals surface area contributed by atoms with Crippen LogP contribution in [0.1, 0.15) is 22.3 Å². The maximum atomic E-state index is 6.65. The van der Waals surface area contributed by atoms with Gasteiger partial charge in [0.1, 0.15) is 11.2 Å². The molecular formula is C65H42N2O. The van der Waals surface area contributed by atoms with Gasteiger partial charge in [0, 0.05) is 39.1 Å². The Labute approximate surface area is 395 Å². The number of hydrogen-bond acceptors (Lipinski definition) is 3. The number of hydrogen-bond donors (Lipinski definition) is 0. The van der Waals surface area contributed by atoms with Crippen molar-refractivity contribution in [3.8, 4) is 33.4 Å². The Balaban J connectivity index is 1.09. The van der Waals surface area contributed by atoms with Gasteiger partial charge >= 0.3 is 0 Å². The third kappa shape index (κ3) is 5.54. The van der Waals surface area contributed by atoms with Crippen molar-refractivity contribution in [2.45, 2.75) is 5.41 Å². The van der Waals surface area contributed by atoms with Crippen molar-refractivity contribution in [2.75, 3.05) is 9.80 Å². The Morgan fingerprint density at radius 2 is 0.809 bits per heavy atom. The Hall–Kier alpha value is -8.92. The predicted octanol–water partition coefficient (Wildman–Crippen LogP) is 17.7. The molecule has 1 heterocycles. The van der Waals surface area contributed by atoms with E-state index in [4.69, 9.17) is 4.42 Å². The van der Waals surface area contributed by atoms with Crippen molar-refractivity contribution in [1.82, 2.24) is 0 Å². The van der Waals surface area contributed by atoms with E-state index >= 15 is 0 Å². The lowest BCUT2D eigenvalue weighted by atomic mass is 9.70. The quantitative estimate of drug-likeness (QED) is 0.159. The van der Waals surface area contributed by atoms with E-state index < -0.39 is 5.41 Å². The van der Waals surface area contributed by atoms with Gasteiger partial charge in [-0.25, -0.2) is 0 Å². The smallest absolute Gasteiger partial charge is 0.137 e. The number of furan rings is 1. The molecule has 0 aliphatic heterocycles. The Morgan fingerprint density at radius 1 is 0.309 bits per heavy atom. The molecule has 14 rings (SSSR count). The normalized spacial score (nSPS) is 14.2. The van der Waals surface area contributed by atoms with Crippen LogP contribution in [0.2, 0.25) is 0 Å². The molecular weight excluding hydrogens is 825 g/mol. The second-order valence-corrected chi connectivity index (χ2v) is 17.9. The van der Waals surface area contributed by atoms with Gasteiger partial charge in [0.2, 0.25) is 0 Å². The van der Waals surface area contributed by atoms with Gasteiger partial charge in [0.15, 0.2) is 0 Å². The number of benzene rings is 11. The molecule has 0 radical (unpaired) electrons. The van der Waals surface area contributed by atoms with E-state index in [9.17, 15) is 0 Å². The molecule has 3 nitrogen and oxygen atoms in total. The van der Waals surface area contributed by atoms with E-state index in [0.717, 1.165) is 67.2 Å². The molecule has 0 saturated carbocycles. The fourth-order valence-electron chi connectivity index (χ4n) is 11.7. The first-order chi connectivity index (χ1) is 33.8. The summed E-state index contributed by atoms with van der Waals surface area (Å²) in [6.45, 7) is 0. The molecule has 1 aromatic heterocycles. The van der Waals surface area contributed by atoms with Crippen LogP contribution in [0.4, 0.5) is 34.1 Å². The molecule has 2 aliphatic carbocycles. The topological polar surface area (TPSA) is 19.6 Å². The summed E-state index contributed by atoms with van der Waals surface area (Å²) in [7, 11) is 0. The minimum absolute atomic E-state index is 0.621. The molecule has 0 N–H and O–H groups in total. The maximum absolute atomic E-state index is 6.65. The molecule has 318 valence electrons. The molecule has 1 unspecified atom stereocenters. The van der Waals surface area contributed by atoms with Crippen LogP contribution in [0.25, 0.3) is 66.1 Å². The van der Waals surface area contributed by atoms with Crippen LogP contribution in [0, 0.1) is 0 Å². The molecule has 2 aliphatic rings. The molecule has 1 atom stereocenters. The summed E-state index contributed by atoms with van der Waals surface area (Å²) in [6.07, 6.45) is 0. The van der Waals surface area contributed by atoms with Gasteiger partial charge in [-0.05, 0) is 122 Å². The summed E-state index contributed by atoms with van der Waals surface area (Å²) >= 11 is 0. The highest BCUT2D eigenvalue weighted by Crippen LogP contribution is 2.64. The highest BCUT2D eigenvalue weighted by atomic mass is 16.3. The molecule has 0 saturated heterocycles. The minimum atomic E-state index is -0.621. The van der Waals surface area contributed by atoms with Gasteiger partial charge in [0.25, 0.3) is 0 Å². The van der Waals surface area contributed by atoms with Gasteiger partial charge in [-0.15, -0.1) is 0 Å². The van der Waals surface area contributed by atoms with Crippen LogP contribution in [-0.2, 0) is 5.41 Å². The third-order valence-corrected chi connectivity index (χ3v) is 14.4. The van der Waals surface area contributed by atoms with Crippen LogP contribution >= 0.6 is 0 Å². The summed E-state index contributed by atoms with van der Waals surface area (Å²) in [5.74, 6) is 0. The molecule has 3 heteroatoms.